The lowest BCUT2D eigenvalue weighted by atomic mass is 10.1. The summed E-state index contributed by atoms with van der Waals surface area (Å²) in [6.45, 7) is 4.32. The zero-order valence-corrected chi connectivity index (χ0v) is 15.7. The molecule has 0 radical (unpaired) electrons. The lowest BCUT2D eigenvalue weighted by molar-refractivity contribution is -0.137. The van der Waals surface area contributed by atoms with Crippen molar-refractivity contribution < 1.29 is 14.3 Å². The molecule has 5 nitrogen and oxygen atoms in total. The van der Waals surface area contributed by atoms with E-state index in [9.17, 15) is 9.59 Å². The van der Waals surface area contributed by atoms with Crippen molar-refractivity contribution in [3.05, 3.63) is 24.3 Å². The topological polar surface area (TPSA) is 61.2 Å². The number of ether oxygens (including phenoxy) is 1. The number of aromatic nitrogens is 2. The van der Waals surface area contributed by atoms with Crippen molar-refractivity contribution in [2.45, 2.75) is 78.1 Å². The number of rotatable bonds is 13. The normalized spacial score (nSPS) is 11.1. The summed E-state index contributed by atoms with van der Waals surface area (Å²) in [6, 6.07) is 0. The Morgan fingerprint density at radius 2 is 1.68 bits per heavy atom. The maximum Gasteiger partial charge on any atom is 0.330 e. The fourth-order valence-electron chi connectivity index (χ4n) is 2.69. The van der Waals surface area contributed by atoms with Crippen molar-refractivity contribution in [2.24, 2.45) is 0 Å². The van der Waals surface area contributed by atoms with Crippen molar-refractivity contribution in [1.29, 1.82) is 0 Å². The van der Waals surface area contributed by atoms with Crippen LogP contribution in [-0.4, -0.2) is 28.0 Å². The average Bonchev–Trinajstić information content (AvgIpc) is 3.07. The third kappa shape index (κ3) is 9.22. The predicted octanol–water partition coefficient (Wildman–Crippen LogP) is 5.02. The second kappa shape index (κ2) is 13.4. The third-order valence-electron chi connectivity index (χ3n) is 4.11. The van der Waals surface area contributed by atoms with Gasteiger partial charge in [0.25, 0.3) is 0 Å². The SMILES string of the molecule is CCCCCCCCCCCC(=O)n1cncc1C=CC(=O)OCC. The molecule has 140 valence electrons. The smallest absolute Gasteiger partial charge is 0.330 e. The molecule has 0 aliphatic carbocycles. The number of carbonyl (C=O) groups excluding carboxylic acids is 2. The van der Waals surface area contributed by atoms with Crippen LogP contribution in [0, 0.1) is 0 Å². The van der Waals surface area contributed by atoms with Gasteiger partial charge >= 0.3 is 5.97 Å². The van der Waals surface area contributed by atoms with Crippen LogP contribution in [0.25, 0.3) is 6.08 Å². The summed E-state index contributed by atoms with van der Waals surface area (Å²) >= 11 is 0. The summed E-state index contributed by atoms with van der Waals surface area (Å²) in [4.78, 5) is 27.6. The first-order valence-electron chi connectivity index (χ1n) is 9.59. The minimum Gasteiger partial charge on any atom is -0.463 e. The highest BCUT2D eigenvalue weighted by Crippen LogP contribution is 2.12. The van der Waals surface area contributed by atoms with Crippen molar-refractivity contribution in [3.63, 3.8) is 0 Å². The standard InChI is InChI=1S/C20H32N2O3/c1-3-5-6-7-8-9-10-11-12-13-19(23)22-17-21-16-18(22)14-15-20(24)25-4-2/h14-17H,3-13H2,1-2H3. The fraction of sp³-hybridized carbons (Fsp3) is 0.650. The number of hydrogen-bond donors (Lipinski definition) is 0. The van der Waals surface area contributed by atoms with Crippen LogP contribution in [0.3, 0.4) is 0 Å². The van der Waals surface area contributed by atoms with Gasteiger partial charge in [0.1, 0.15) is 6.33 Å². The Balaban J connectivity index is 2.25. The maximum atomic E-state index is 12.3. The molecule has 0 fully saturated rings. The molecule has 0 amide bonds. The summed E-state index contributed by atoms with van der Waals surface area (Å²) in [5.74, 6) is -0.398. The van der Waals surface area contributed by atoms with E-state index in [1.807, 2.05) is 0 Å². The summed E-state index contributed by atoms with van der Waals surface area (Å²) in [7, 11) is 0. The number of imidazole rings is 1. The van der Waals surface area contributed by atoms with Crippen LogP contribution in [0.5, 0.6) is 0 Å². The van der Waals surface area contributed by atoms with E-state index in [4.69, 9.17) is 4.74 Å². The van der Waals surface area contributed by atoms with Crippen molar-refractivity contribution >= 4 is 18.0 Å². The molecule has 1 heterocycles. The molecule has 0 aliphatic heterocycles. The monoisotopic (exact) mass is 348 g/mol. The number of unbranched alkanes of at least 4 members (excludes halogenated alkanes) is 8. The van der Waals surface area contributed by atoms with Gasteiger partial charge in [-0.15, -0.1) is 0 Å². The maximum absolute atomic E-state index is 12.3. The molecule has 0 aliphatic rings. The highest BCUT2D eigenvalue weighted by atomic mass is 16.5. The van der Waals surface area contributed by atoms with Crippen LogP contribution in [0.2, 0.25) is 0 Å². The predicted molar refractivity (Wildman–Crippen MR) is 100 cm³/mol. The van der Waals surface area contributed by atoms with Gasteiger partial charge in [0.2, 0.25) is 5.91 Å². The van der Waals surface area contributed by atoms with Gasteiger partial charge in [-0.05, 0) is 19.4 Å². The van der Waals surface area contributed by atoms with Crippen LogP contribution >= 0.6 is 0 Å². The van der Waals surface area contributed by atoms with Gasteiger partial charge in [0.15, 0.2) is 0 Å². The molecular weight excluding hydrogens is 316 g/mol. The van der Waals surface area contributed by atoms with E-state index in [0.717, 1.165) is 12.8 Å². The number of carbonyl (C=O) groups is 2. The second-order valence-electron chi connectivity index (χ2n) is 6.25. The summed E-state index contributed by atoms with van der Waals surface area (Å²) < 4.78 is 6.33. The van der Waals surface area contributed by atoms with Gasteiger partial charge in [0.05, 0.1) is 18.5 Å². The molecule has 0 N–H and O–H groups in total. The molecule has 0 spiro atoms. The molecule has 0 saturated carbocycles. The van der Waals surface area contributed by atoms with Crippen LogP contribution in [0.4, 0.5) is 0 Å². The van der Waals surface area contributed by atoms with E-state index in [1.54, 1.807) is 19.2 Å². The van der Waals surface area contributed by atoms with E-state index in [1.165, 1.54) is 61.9 Å². The van der Waals surface area contributed by atoms with Crippen LogP contribution in [0.15, 0.2) is 18.6 Å². The molecule has 1 aromatic rings. The van der Waals surface area contributed by atoms with Crippen LogP contribution in [-0.2, 0) is 9.53 Å². The molecule has 0 bridgehead atoms. The van der Waals surface area contributed by atoms with Gasteiger partial charge < -0.3 is 4.74 Å². The molecule has 1 rings (SSSR count). The minimum atomic E-state index is -0.415. The number of nitrogens with zero attached hydrogens (tertiary/aromatic N) is 2. The molecule has 0 aromatic carbocycles. The summed E-state index contributed by atoms with van der Waals surface area (Å²) in [6.07, 6.45) is 17.5. The Morgan fingerprint density at radius 3 is 2.32 bits per heavy atom. The Bertz CT molecular complexity index is 535. The third-order valence-corrected chi connectivity index (χ3v) is 4.11. The molecule has 0 saturated heterocycles. The first-order chi connectivity index (χ1) is 12.2. The molecule has 0 unspecified atom stereocenters. The Morgan fingerprint density at radius 1 is 1.04 bits per heavy atom. The molecule has 1 aromatic heterocycles. The van der Waals surface area contributed by atoms with Gasteiger partial charge in [-0.2, -0.15) is 0 Å². The van der Waals surface area contributed by atoms with Crippen molar-refractivity contribution in [2.75, 3.05) is 6.61 Å². The van der Waals surface area contributed by atoms with Gasteiger partial charge in [-0.3, -0.25) is 9.36 Å². The van der Waals surface area contributed by atoms with E-state index in [2.05, 4.69) is 11.9 Å². The Hall–Kier alpha value is -1.91. The lowest BCUT2D eigenvalue weighted by Gasteiger charge is -2.05. The summed E-state index contributed by atoms with van der Waals surface area (Å²) in [5, 5.41) is 0. The molecule has 5 heteroatoms. The molecule has 25 heavy (non-hydrogen) atoms. The zero-order chi connectivity index (χ0) is 18.3. The van der Waals surface area contributed by atoms with Crippen LogP contribution < -0.4 is 0 Å². The molecule has 0 atom stereocenters. The van der Waals surface area contributed by atoms with Gasteiger partial charge in [-0.1, -0.05) is 58.3 Å². The lowest BCUT2D eigenvalue weighted by Crippen LogP contribution is -2.11. The minimum absolute atomic E-state index is 0.0176. The highest BCUT2D eigenvalue weighted by molar-refractivity contribution is 5.88. The fourth-order valence-corrected chi connectivity index (χ4v) is 2.69. The first kappa shape index (κ1) is 21.1. The quantitative estimate of drug-likeness (QED) is 0.285. The first-order valence-corrected chi connectivity index (χ1v) is 9.59. The van der Waals surface area contributed by atoms with E-state index in [0.29, 0.717) is 18.7 Å². The second-order valence-corrected chi connectivity index (χ2v) is 6.25. The van der Waals surface area contributed by atoms with Gasteiger partial charge in [0, 0.05) is 12.5 Å². The van der Waals surface area contributed by atoms with E-state index >= 15 is 0 Å². The largest absolute Gasteiger partial charge is 0.463 e. The van der Waals surface area contributed by atoms with Crippen molar-refractivity contribution in [1.82, 2.24) is 9.55 Å². The van der Waals surface area contributed by atoms with E-state index in [-0.39, 0.29) is 5.91 Å². The summed E-state index contributed by atoms with van der Waals surface area (Å²) in [5.41, 5.74) is 0.606. The highest BCUT2D eigenvalue weighted by Gasteiger charge is 2.08. The van der Waals surface area contributed by atoms with Crippen molar-refractivity contribution in [3.8, 4) is 0 Å². The number of esters is 1. The zero-order valence-electron chi connectivity index (χ0n) is 15.7. The van der Waals surface area contributed by atoms with Crippen LogP contribution in [0.1, 0.15) is 88.5 Å². The molecular formula is C20H32N2O3. The van der Waals surface area contributed by atoms with Gasteiger partial charge in [-0.25, -0.2) is 9.78 Å². The van der Waals surface area contributed by atoms with E-state index < -0.39 is 5.97 Å². The Labute approximate surface area is 151 Å². The number of hydrogen-bond acceptors (Lipinski definition) is 4. The Kier molecular flexibility index (Phi) is 11.3. The average molecular weight is 348 g/mol.